The topological polar surface area (TPSA) is 98.5 Å². The number of amides is 2. The molecule has 1 aliphatic heterocycles. The Kier molecular flexibility index (Phi) is 3.00. The molecular weight excluding hydrogens is 212 g/mol. The largest absolute Gasteiger partial charge is 0.334 e. The molecule has 4 N–H and O–H groups in total. The molecule has 7 heteroatoms. The highest BCUT2D eigenvalue weighted by Crippen LogP contribution is 2.31. The van der Waals surface area contributed by atoms with Crippen LogP contribution in [0.3, 0.4) is 0 Å². The molecule has 86 valence electrons. The van der Waals surface area contributed by atoms with Crippen LogP contribution in [0, 0.1) is 0 Å². The fraction of sp³-hybridized carbons (Fsp3) is 0.333. The average molecular weight is 224 g/mol. The second kappa shape index (κ2) is 4.44. The van der Waals surface area contributed by atoms with Crippen molar-refractivity contribution in [3.63, 3.8) is 0 Å². The van der Waals surface area contributed by atoms with Crippen molar-refractivity contribution in [3.8, 4) is 0 Å². The van der Waals surface area contributed by atoms with Crippen LogP contribution >= 0.6 is 0 Å². The van der Waals surface area contributed by atoms with Crippen molar-refractivity contribution >= 4 is 11.8 Å². The van der Waals surface area contributed by atoms with Crippen LogP contribution in [0.15, 0.2) is 18.3 Å². The summed E-state index contributed by atoms with van der Waals surface area (Å²) in [5.41, 5.74) is 2.74. The third-order valence-corrected chi connectivity index (χ3v) is 2.06. The second-order valence-electron chi connectivity index (χ2n) is 3.24. The fourth-order valence-electron chi connectivity index (χ4n) is 1.33. The van der Waals surface area contributed by atoms with Crippen molar-refractivity contribution in [3.05, 3.63) is 23.9 Å². The Morgan fingerprint density at radius 1 is 1.56 bits per heavy atom. The molecule has 1 saturated heterocycles. The Labute approximate surface area is 91.9 Å². The number of rotatable bonds is 2. The van der Waals surface area contributed by atoms with E-state index in [4.69, 9.17) is 15.3 Å². The molecule has 0 bridgehead atoms. The van der Waals surface area contributed by atoms with Gasteiger partial charge in [-0.2, -0.15) is 0 Å². The summed E-state index contributed by atoms with van der Waals surface area (Å²) < 4.78 is 10.6. The molecule has 0 saturated carbocycles. The van der Waals surface area contributed by atoms with E-state index in [9.17, 15) is 4.79 Å². The van der Waals surface area contributed by atoms with Crippen molar-refractivity contribution in [2.75, 3.05) is 5.32 Å². The maximum atomic E-state index is 10.9. The van der Waals surface area contributed by atoms with E-state index in [1.165, 1.54) is 0 Å². The van der Waals surface area contributed by atoms with Crippen LogP contribution in [0.5, 0.6) is 0 Å². The third-order valence-electron chi connectivity index (χ3n) is 2.06. The number of hydrogen-bond donors (Lipinski definition) is 3. The Balaban J connectivity index is 2.05. The van der Waals surface area contributed by atoms with Crippen LogP contribution < -0.4 is 16.6 Å². The molecule has 0 unspecified atom stereocenters. The number of ether oxygens (including phenoxy) is 2. The number of nitrogens with one attached hydrogen (secondary N) is 2. The predicted octanol–water partition coefficient (Wildman–Crippen LogP) is 0.468. The number of aromatic nitrogens is 1. The van der Waals surface area contributed by atoms with Crippen LogP contribution in [0.25, 0.3) is 0 Å². The third kappa shape index (κ3) is 2.27. The minimum absolute atomic E-state index is 0.193. The highest BCUT2D eigenvalue weighted by atomic mass is 16.9. The molecular formula is C9H12N4O3. The first-order chi connectivity index (χ1) is 7.69. The van der Waals surface area contributed by atoms with Gasteiger partial charge in [-0.05, 0) is 19.1 Å². The molecule has 2 amide bonds. The van der Waals surface area contributed by atoms with Crippen LogP contribution in [0.4, 0.5) is 10.6 Å². The number of nitrogens with zero attached hydrogens (tertiary/aromatic N) is 1. The number of nitrogens with two attached hydrogens (primary N) is 1. The van der Waals surface area contributed by atoms with Crippen LogP contribution in [-0.2, 0) is 9.47 Å². The Hall–Kier alpha value is -1.70. The summed E-state index contributed by atoms with van der Waals surface area (Å²) in [6, 6.07) is 2.88. The molecule has 2 heterocycles. The molecule has 7 nitrogen and oxygen atoms in total. The van der Waals surface area contributed by atoms with Gasteiger partial charge in [-0.15, -0.1) is 0 Å². The Morgan fingerprint density at radius 2 is 2.31 bits per heavy atom. The molecule has 1 aromatic rings. The van der Waals surface area contributed by atoms with Gasteiger partial charge in [-0.1, -0.05) is 0 Å². The van der Waals surface area contributed by atoms with Crippen molar-refractivity contribution < 1.29 is 14.3 Å². The Morgan fingerprint density at radius 3 is 2.94 bits per heavy atom. The van der Waals surface area contributed by atoms with E-state index < -0.39 is 6.03 Å². The first kappa shape index (κ1) is 10.8. The summed E-state index contributed by atoms with van der Waals surface area (Å²) in [7, 11) is 0. The zero-order chi connectivity index (χ0) is 11.5. The van der Waals surface area contributed by atoms with Gasteiger partial charge in [0.1, 0.15) is 5.82 Å². The summed E-state index contributed by atoms with van der Waals surface area (Å²) in [6.45, 7) is 1.80. The smallest absolute Gasteiger partial charge is 0.320 e. The van der Waals surface area contributed by atoms with E-state index in [1.807, 2.05) is 5.43 Å². The SMILES string of the molecule is CC1OC(c2ccnc(NC(=O)NN)c2)O1. The summed E-state index contributed by atoms with van der Waals surface area (Å²) in [4.78, 5) is 14.9. The second-order valence-corrected chi connectivity index (χ2v) is 3.24. The summed E-state index contributed by atoms with van der Waals surface area (Å²) in [6.07, 6.45) is 0.971. The number of urea groups is 1. The van der Waals surface area contributed by atoms with E-state index in [2.05, 4.69) is 10.3 Å². The highest BCUT2D eigenvalue weighted by Gasteiger charge is 2.28. The Bertz CT molecular complexity index is 392. The van der Waals surface area contributed by atoms with E-state index in [0.29, 0.717) is 5.82 Å². The maximum Gasteiger partial charge on any atom is 0.334 e. The van der Waals surface area contributed by atoms with Gasteiger partial charge in [0.15, 0.2) is 12.6 Å². The predicted molar refractivity (Wildman–Crippen MR) is 55.0 cm³/mol. The zero-order valence-corrected chi connectivity index (χ0v) is 8.64. The fourth-order valence-corrected chi connectivity index (χ4v) is 1.33. The molecule has 1 aliphatic rings. The van der Waals surface area contributed by atoms with Crippen molar-refractivity contribution in [2.24, 2.45) is 5.84 Å². The molecule has 2 rings (SSSR count). The molecule has 0 radical (unpaired) electrons. The number of pyridine rings is 1. The standard InChI is InChI=1S/C9H12N4O3/c1-5-15-8(16-5)6-2-3-11-7(4-6)12-9(14)13-10/h2-5,8H,10H2,1H3,(H2,11,12,13,14). The molecule has 1 fully saturated rings. The van der Waals surface area contributed by atoms with Crippen LogP contribution in [0.1, 0.15) is 18.8 Å². The number of hydrazine groups is 1. The van der Waals surface area contributed by atoms with Gasteiger partial charge in [-0.25, -0.2) is 15.6 Å². The number of carbonyl (C=O) groups is 1. The van der Waals surface area contributed by atoms with E-state index >= 15 is 0 Å². The summed E-state index contributed by atoms with van der Waals surface area (Å²) >= 11 is 0. The average Bonchev–Trinajstić information content (AvgIpc) is 2.25. The maximum absolute atomic E-state index is 10.9. The number of carbonyl (C=O) groups excluding carboxylic acids is 1. The van der Waals surface area contributed by atoms with Crippen molar-refractivity contribution in [2.45, 2.75) is 19.5 Å². The summed E-state index contributed by atoms with van der Waals surface area (Å²) in [5.74, 6) is 5.32. The normalized spacial score (nSPS) is 23.4. The molecule has 0 atom stereocenters. The first-order valence-corrected chi connectivity index (χ1v) is 4.73. The molecule has 0 aromatic carbocycles. The van der Waals surface area contributed by atoms with E-state index in [-0.39, 0.29) is 12.6 Å². The minimum Gasteiger partial charge on any atom is -0.320 e. The van der Waals surface area contributed by atoms with Gasteiger partial charge in [-0.3, -0.25) is 10.7 Å². The van der Waals surface area contributed by atoms with Gasteiger partial charge in [0.2, 0.25) is 0 Å². The molecule has 1 aromatic heterocycles. The lowest BCUT2D eigenvalue weighted by molar-refractivity contribution is -0.382. The van der Waals surface area contributed by atoms with Gasteiger partial charge in [0, 0.05) is 11.8 Å². The molecule has 0 aliphatic carbocycles. The van der Waals surface area contributed by atoms with Crippen LogP contribution in [-0.4, -0.2) is 17.3 Å². The quantitative estimate of drug-likeness (QED) is 0.385. The molecule has 0 spiro atoms. The van der Waals surface area contributed by atoms with Gasteiger partial charge < -0.3 is 9.47 Å². The first-order valence-electron chi connectivity index (χ1n) is 4.73. The number of hydrogen-bond acceptors (Lipinski definition) is 5. The minimum atomic E-state index is -0.534. The van der Waals surface area contributed by atoms with E-state index in [1.54, 1.807) is 25.3 Å². The van der Waals surface area contributed by atoms with E-state index in [0.717, 1.165) is 5.56 Å². The summed E-state index contributed by atoms with van der Waals surface area (Å²) in [5, 5.41) is 2.45. The van der Waals surface area contributed by atoms with Crippen LogP contribution in [0.2, 0.25) is 0 Å². The lowest BCUT2D eigenvalue weighted by Crippen LogP contribution is -2.35. The lowest BCUT2D eigenvalue weighted by atomic mass is 10.2. The van der Waals surface area contributed by atoms with Crippen molar-refractivity contribution in [1.29, 1.82) is 0 Å². The van der Waals surface area contributed by atoms with Crippen molar-refractivity contribution in [1.82, 2.24) is 10.4 Å². The highest BCUT2D eigenvalue weighted by molar-refractivity contribution is 5.87. The van der Waals surface area contributed by atoms with Gasteiger partial charge in [0.25, 0.3) is 0 Å². The zero-order valence-electron chi connectivity index (χ0n) is 8.64. The monoisotopic (exact) mass is 224 g/mol. The number of anilines is 1. The molecule has 16 heavy (non-hydrogen) atoms. The lowest BCUT2D eigenvalue weighted by Gasteiger charge is -2.33. The van der Waals surface area contributed by atoms with Gasteiger partial charge in [0.05, 0.1) is 0 Å². The van der Waals surface area contributed by atoms with Gasteiger partial charge >= 0.3 is 6.03 Å².